The Morgan fingerprint density at radius 2 is 2.00 bits per heavy atom. The quantitative estimate of drug-likeness (QED) is 0.789. The lowest BCUT2D eigenvalue weighted by Crippen LogP contribution is -2.53. The van der Waals surface area contributed by atoms with Gasteiger partial charge in [0.2, 0.25) is 5.91 Å². The van der Waals surface area contributed by atoms with Crippen molar-refractivity contribution in [2.75, 3.05) is 12.0 Å². The van der Waals surface area contributed by atoms with Crippen LogP contribution in [0, 0.1) is 11.8 Å². The van der Waals surface area contributed by atoms with Crippen molar-refractivity contribution in [3.63, 3.8) is 0 Å². The third kappa shape index (κ3) is 5.35. The normalized spacial score (nSPS) is 29.3. The maximum Gasteiger partial charge on any atom is 0.237 e. The van der Waals surface area contributed by atoms with E-state index in [9.17, 15) is 4.79 Å². The van der Waals surface area contributed by atoms with E-state index in [1.54, 1.807) is 11.8 Å². The monoisotopic (exact) mass is 286 g/mol. The van der Waals surface area contributed by atoms with E-state index in [1.807, 2.05) is 6.26 Å². The number of carbonyl (C=O) groups is 1. The maximum atomic E-state index is 12.1. The van der Waals surface area contributed by atoms with Gasteiger partial charge < -0.3 is 11.1 Å². The highest BCUT2D eigenvalue weighted by Gasteiger charge is 2.34. The number of nitrogens with one attached hydrogen (secondary N) is 1. The molecule has 1 saturated carbocycles. The van der Waals surface area contributed by atoms with Crippen molar-refractivity contribution in [2.24, 2.45) is 17.6 Å². The van der Waals surface area contributed by atoms with Gasteiger partial charge in [-0.3, -0.25) is 4.79 Å². The van der Waals surface area contributed by atoms with Gasteiger partial charge in [-0.1, -0.05) is 13.8 Å². The van der Waals surface area contributed by atoms with Crippen LogP contribution in [0.25, 0.3) is 0 Å². The molecule has 1 aliphatic rings. The van der Waals surface area contributed by atoms with Crippen LogP contribution in [0.3, 0.4) is 0 Å². The zero-order valence-electron chi connectivity index (χ0n) is 12.9. The van der Waals surface area contributed by atoms with Crippen molar-refractivity contribution in [2.45, 2.75) is 64.5 Å². The first-order chi connectivity index (χ1) is 8.88. The Labute approximate surface area is 122 Å². The van der Waals surface area contributed by atoms with Crippen molar-refractivity contribution < 1.29 is 4.79 Å². The molecule has 0 bridgehead atoms. The summed E-state index contributed by atoms with van der Waals surface area (Å²) in [5, 5.41) is 3.19. The first-order valence-electron chi connectivity index (χ1n) is 7.44. The molecule has 1 rings (SSSR count). The van der Waals surface area contributed by atoms with Gasteiger partial charge in [0.05, 0.1) is 6.04 Å². The molecule has 1 aliphatic carbocycles. The second-order valence-electron chi connectivity index (χ2n) is 6.52. The van der Waals surface area contributed by atoms with Crippen molar-refractivity contribution in [1.82, 2.24) is 5.32 Å². The van der Waals surface area contributed by atoms with Gasteiger partial charge in [-0.25, -0.2) is 0 Å². The molecule has 0 radical (unpaired) electrons. The number of thioether (sulfide) groups is 1. The van der Waals surface area contributed by atoms with E-state index in [2.05, 4.69) is 26.1 Å². The Kier molecular flexibility index (Phi) is 6.67. The lowest BCUT2D eigenvalue weighted by Gasteiger charge is -2.40. The summed E-state index contributed by atoms with van der Waals surface area (Å²) in [4.78, 5) is 12.1. The molecule has 19 heavy (non-hydrogen) atoms. The molecule has 0 saturated heterocycles. The highest BCUT2D eigenvalue weighted by atomic mass is 32.2. The first-order valence-corrected chi connectivity index (χ1v) is 8.84. The summed E-state index contributed by atoms with van der Waals surface area (Å²) < 4.78 is 0. The SMILES string of the molecule is CSCC[C@H](N)C(=O)NC1(C)CCC(C(C)C)CC1. The number of rotatable bonds is 6. The summed E-state index contributed by atoms with van der Waals surface area (Å²) in [5.74, 6) is 2.54. The highest BCUT2D eigenvalue weighted by Crippen LogP contribution is 2.35. The Morgan fingerprint density at radius 3 is 2.47 bits per heavy atom. The van der Waals surface area contributed by atoms with Crippen molar-refractivity contribution in [1.29, 1.82) is 0 Å². The van der Waals surface area contributed by atoms with Crippen LogP contribution in [0.5, 0.6) is 0 Å². The Morgan fingerprint density at radius 1 is 1.42 bits per heavy atom. The largest absolute Gasteiger partial charge is 0.350 e. The van der Waals surface area contributed by atoms with Crippen LogP contribution >= 0.6 is 11.8 Å². The van der Waals surface area contributed by atoms with Crippen molar-refractivity contribution >= 4 is 17.7 Å². The van der Waals surface area contributed by atoms with E-state index in [0.29, 0.717) is 0 Å². The summed E-state index contributed by atoms with van der Waals surface area (Å²) in [7, 11) is 0. The summed E-state index contributed by atoms with van der Waals surface area (Å²) >= 11 is 1.74. The van der Waals surface area contributed by atoms with Crippen LogP contribution in [0.15, 0.2) is 0 Å². The molecule has 0 unspecified atom stereocenters. The highest BCUT2D eigenvalue weighted by molar-refractivity contribution is 7.98. The predicted octanol–water partition coefficient (Wildman–Crippen LogP) is 2.79. The summed E-state index contributed by atoms with van der Waals surface area (Å²) in [6.45, 7) is 6.76. The number of nitrogens with two attached hydrogens (primary N) is 1. The molecule has 0 spiro atoms. The molecule has 1 amide bonds. The molecule has 1 fully saturated rings. The van der Waals surface area contributed by atoms with Gasteiger partial charge in [0.15, 0.2) is 0 Å². The number of hydrogen-bond acceptors (Lipinski definition) is 3. The fourth-order valence-corrected chi connectivity index (χ4v) is 3.32. The molecular formula is C15H30N2OS. The summed E-state index contributed by atoms with van der Waals surface area (Å²) in [6.07, 6.45) is 7.40. The average Bonchev–Trinajstić information content (AvgIpc) is 2.35. The van der Waals surface area contributed by atoms with Crippen LogP contribution < -0.4 is 11.1 Å². The van der Waals surface area contributed by atoms with E-state index < -0.39 is 0 Å². The molecule has 3 N–H and O–H groups in total. The van der Waals surface area contributed by atoms with E-state index in [1.165, 1.54) is 12.8 Å². The average molecular weight is 286 g/mol. The minimum atomic E-state index is -0.355. The standard InChI is InChI=1S/C15H30N2OS/c1-11(2)12-5-8-15(3,9-6-12)17-14(18)13(16)7-10-19-4/h11-13H,5-10,16H2,1-4H3,(H,17,18)/t12?,13-,15?/m0/s1. The van der Waals surface area contributed by atoms with E-state index in [4.69, 9.17) is 5.73 Å². The van der Waals surface area contributed by atoms with Crippen LogP contribution in [0.2, 0.25) is 0 Å². The number of carbonyl (C=O) groups excluding carboxylic acids is 1. The summed E-state index contributed by atoms with van der Waals surface area (Å²) in [6, 6.07) is -0.355. The lowest BCUT2D eigenvalue weighted by molar-refractivity contribution is -0.124. The fraction of sp³-hybridized carbons (Fsp3) is 0.933. The fourth-order valence-electron chi connectivity index (χ4n) is 2.83. The maximum absolute atomic E-state index is 12.1. The van der Waals surface area contributed by atoms with Gasteiger partial charge in [0.25, 0.3) is 0 Å². The van der Waals surface area contributed by atoms with Gasteiger partial charge in [-0.2, -0.15) is 11.8 Å². The molecule has 0 heterocycles. The van der Waals surface area contributed by atoms with Gasteiger partial charge in [0.1, 0.15) is 0 Å². The van der Waals surface area contributed by atoms with Crippen LogP contribution in [0.1, 0.15) is 52.9 Å². The smallest absolute Gasteiger partial charge is 0.237 e. The minimum Gasteiger partial charge on any atom is -0.350 e. The van der Waals surface area contributed by atoms with Gasteiger partial charge >= 0.3 is 0 Å². The Bertz CT molecular complexity index is 286. The van der Waals surface area contributed by atoms with E-state index >= 15 is 0 Å². The molecule has 0 aromatic heterocycles. The van der Waals surface area contributed by atoms with Crippen LogP contribution in [-0.4, -0.2) is 29.5 Å². The van der Waals surface area contributed by atoms with Crippen LogP contribution in [0.4, 0.5) is 0 Å². The second kappa shape index (κ2) is 7.53. The van der Waals surface area contributed by atoms with Gasteiger partial charge in [-0.15, -0.1) is 0 Å². The van der Waals surface area contributed by atoms with Gasteiger partial charge in [-0.05, 0) is 62.9 Å². The van der Waals surface area contributed by atoms with Gasteiger partial charge in [0, 0.05) is 5.54 Å². The third-order valence-corrected chi connectivity index (χ3v) is 5.12. The number of amides is 1. The van der Waals surface area contributed by atoms with Crippen molar-refractivity contribution in [3.8, 4) is 0 Å². The zero-order valence-corrected chi connectivity index (χ0v) is 13.7. The molecule has 112 valence electrons. The second-order valence-corrected chi connectivity index (χ2v) is 7.50. The van der Waals surface area contributed by atoms with E-state index in [0.717, 1.165) is 36.9 Å². The molecule has 4 heteroatoms. The topological polar surface area (TPSA) is 55.1 Å². The molecule has 3 nitrogen and oxygen atoms in total. The molecule has 0 aromatic carbocycles. The molecular weight excluding hydrogens is 256 g/mol. The third-order valence-electron chi connectivity index (χ3n) is 4.47. The summed E-state index contributed by atoms with van der Waals surface area (Å²) in [5.41, 5.74) is 5.89. The minimum absolute atomic E-state index is 0.0274. The number of hydrogen-bond donors (Lipinski definition) is 2. The zero-order chi connectivity index (χ0) is 14.5. The molecule has 1 atom stereocenters. The van der Waals surface area contributed by atoms with Crippen molar-refractivity contribution in [3.05, 3.63) is 0 Å². The Balaban J connectivity index is 2.41. The molecule has 0 aromatic rings. The first kappa shape index (κ1) is 16.8. The Hall–Kier alpha value is -0.220. The predicted molar refractivity (Wildman–Crippen MR) is 84.3 cm³/mol. The van der Waals surface area contributed by atoms with E-state index in [-0.39, 0.29) is 17.5 Å². The lowest BCUT2D eigenvalue weighted by atomic mass is 9.73. The molecule has 0 aliphatic heterocycles. The van der Waals surface area contributed by atoms with Crippen LogP contribution in [-0.2, 0) is 4.79 Å².